The Labute approximate surface area is 220 Å². The molecule has 2 saturated heterocycles. The second-order valence-corrected chi connectivity index (χ2v) is 10.0. The SMILES string of the molecule is O=C(Nc1cc(C(=O)N2CCCNCC2)ccc1N1CCN(C(=O)c2cccs2)CC1)c1cccnc1. The highest BCUT2D eigenvalue weighted by molar-refractivity contribution is 7.12. The molecule has 0 spiro atoms. The van der Waals surface area contributed by atoms with Gasteiger partial charge in [-0.25, -0.2) is 0 Å². The highest BCUT2D eigenvalue weighted by Crippen LogP contribution is 2.30. The van der Waals surface area contributed by atoms with Crippen molar-refractivity contribution in [2.75, 3.05) is 62.6 Å². The van der Waals surface area contributed by atoms with E-state index in [4.69, 9.17) is 0 Å². The topological polar surface area (TPSA) is 97.9 Å². The standard InChI is InChI=1S/C27H30N6O3S/c34-25(21-4-1-8-29-19-21)30-22-18-20(26(35)32-11-3-9-28-10-12-32)6-7-23(22)31-13-15-33(16-14-31)27(36)24-5-2-17-37-24/h1-2,4-8,17-19,28H,3,9-16H2,(H,30,34). The molecule has 2 aliphatic heterocycles. The molecule has 5 rings (SSSR count). The van der Waals surface area contributed by atoms with Crippen molar-refractivity contribution in [2.45, 2.75) is 6.42 Å². The van der Waals surface area contributed by atoms with E-state index >= 15 is 0 Å². The largest absolute Gasteiger partial charge is 0.366 e. The van der Waals surface area contributed by atoms with Gasteiger partial charge in [-0.15, -0.1) is 11.3 Å². The Kier molecular flexibility index (Phi) is 7.76. The zero-order chi connectivity index (χ0) is 25.6. The van der Waals surface area contributed by atoms with Gasteiger partial charge in [0.25, 0.3) is 17.7 Å². The number of amides is 3. The number of carbonyl (C=O) groups is 3. The van der Waals surface area contributed by atoms with Gasteiger partial charge in [0.15, 0.2) is 0 Å². The molecule has 37 heavy (non-hydrogen) atoms. The van der Waals surface area contributed by atoms with Gasteiger partial charge in [-0.3, -0.25) is 19.4 Å². The van der Waals surface area contributed by atoms with Gasteiger partial charge in [0.2, 0.25) is 0 Å². The Morgan fingerprint density at radius 2 is 1.70 bits per heavy atom. The third-order valence-corrected chi connectivity index (χ3v) is 7.54. The molecule has 3 amide bonds. The normalized spacial score (nSPS) is 16.3. The Morgan fingerprint density at radius 1 is 0.865 bits per heavy atom. The predicted octanol–water partition coefficient (Wildman–Crippen LogP) is 2.79. The van der Waals surface area contributed by atoms with Crippen molar-refractivity contribution in [1.82, 2.24) is 20.1 Å². The highest BCUT2D eigenvalue weighted by Gasteiger charge is 2.26. The molecule has 192 valence electrons. The van der Waals surface area contributed by atoms with Crippen LogP contribution in [0, 0.1) is 0 Å². The Balaban J connectivity index is 1.37. The maximum absolute atomic E-state index is 13.3. The molecular weight excluding hydrogens is 488 g/mol. The van der Waals surface area contributed by atoms with Crippen LogP contribution in [0.2, 0.25) is 0 Å². The molecule has 0 bridgehead atoms. The van der Waals surface area contributed by atoms with Crippen LogP contribution in [-0.4, -0.2) is 84.9 Å². The van der Waals surface area contributed by atoms with Crippen molar-refractivity contribution >= 4 is 40.4 Å². The molecule has 0 saturated carbocycles. The van der Waals surface area contributed by atoms with Crippen LogP contribution in [0.3, 0.4) is 0 Å². The van der Waals surface area contributed by atoms with E-state index < -0.39 is 0 Å². The third kappa shape index (κ3) is 5.81. The summed E-state index contributed by atoms with van der Waals surface area (Å²) < 4.78 is 0. The molecule has 0 atom stereocenters. The van der Waals surface area contributed by atoms with Crippen LogP contribution in [-0.2, 0) is 0 Å². The maximum Gasteiger partial charge on any atom is 0.264 e. The highest BCUT2D eigenvalue weighted by atomic mass is 32.1. The summed E-state index contributed by atoms with van der Waals surface area (Å²) in [6.45, 7) is 5.42. The fourth-order valence-corrected chi connectivity index (χ4v) is 5.37. The first kappa shape index (κ1) is 24.9. The van der Waals surface area contributed by atoms with Gasteiger partial charge in [-0.2, -0.15) is 0 Å². The summed E-state index contributed by atoms with van der Waals surface area (Å²) in [7, 11) is 0. The lowest BCUT2D eigenvalue weighted by atomic mass is 10.1. The molecule has 2 aliphatic rings. The van der Waals surface area contributed by atoms with Crippen molar-refractivity contribution in [3.63, 3.8) is 0 Å². The molecule has 9 nitrogen and oxygen atoms in total. The molecule has 2 N–H and O–H groups in total. The number of thiophene rings is 1. The lowest BCUT2D eigenvalue weighted by Crippen LogP contribution is -2.48. The molecule has 3 aromatic rings. The average molecular weight is 519 g/mol. The van der Waals surface area contributed by atoms with E-state index in [1.165, 1.54) is 17.5 Å². The Bertz CT molecular complexity index is 1230. The molecule has 10 heteroatoms. The molecular formula is C27H30N6O3S. The van der Waals surface area contributed by atoms with Crippen LogP contribution < -0.4 is 15.5 Å². The van der Waals surface area contributed by atoms with Crippen LogP contribution >= 0.6 is 11.3 Å². The number of anilines is 2. The summed E-state index contributed by atoms with van der Waals surface area (Å²) in [6, 6.07) is 12.7. The number of nitrogens with one attached hydrogen (secondary N) is 2. The number of hydrogen-bond donors (Lipinski definition) is 2. The molecule has 0 unspecified atom stereocenters. The van der Waals surface area contributed by atoms with Gasteiger partial charge in [0.05, 0.1) is 21.8 Å². The van der Waals surface area contributed by atoms with Crippen molar-refractivity contribution in [2.24, 2.45) is 0 Å². The van der Waals surface area contributed by atoms with Crippen molar-refractivity contribution in [3.05, 3.63) is 76.2 Å². The fraction of sp³-hybridized carbons (Fsp3) is 0.333. The van der Waals surface area contributed by atoms with Gasteiger partial charge in [-0.05, 0) is 54.7 Å². The maximum atomic E-state index is 13.3. The van der Waals surface area contributed by atoms with Crippen molar-refractivity contribution in [1.29, 1.82) is 0 Å². The minimum atomic E-state index is -0.288. The summed E-state index contributed by atoms with van der Waals surface area (Å²) in [5.41, 5.74) is 2.38. The lowest BCUT2D eigenvalue weighted by molar-refractivity contribution is 0.0748. The van der Waals surface area contributed by atoms with Gasteiger partial charge in [0.1, 0.15) is 0 Å². The summed E-state index contributed by atoms with van der Waals surface area (Å²) in [4.78, 5) is 49.8. The zero-order valence-electron chi connectivity index (χ0n) is 20.6. The average Bonchev–Trinajstić information content (AvgIpc) is 3.35. The van der Waals surface area contributed by atoms with E-state index in [2.05, 4.69) is 20.5 Å². The molecule has 0 radical (unpaired) electrons. The van der Waals surface area contributed by atoms with E-state index in [9.17, 15) is 14.4 Å². The van der Waals surface area contributed by atoms with E-state index in [1.54, 1.807) is 24.4 Å². The minimum absolute atomic E-state index is 0.0431. The summed E-state index contributed by atoms with van der Waals surface area (Å²) in [5.74, 6) is -0.282. The number of hydrogen-bond acceptors (Lipinski definition) is 7. The Morgan fingerprint density at radius 3 is 2.46 bits per heavy atom. The van der Waals surface area contributed by atoms with E-state index in [0.29, 0.717) is 56.1 Å². The summed E-state index contributed by atoms with van der Waals surface area (Å²) in [5, 5.41) is 8.24. The van der Waals surface area contributed by atoms with E-state index in [1.807, 2.05) is 39.4 Å². The minimum Gasteiger partial charge on any atom is -0.366 e. The third-order valence-electron chi connectivity index (χ3n) is 6.68. The second-order valence-electron chi connectivity index (χ2n) is 9.08. The van der Waals surface area contributed by atoms with Gasteiger partial charge in [0, 0.05) is 63.8 Å². The first-order valence-electron chi connectivity index (χ1n) is 12.5. The summed E-state index contributed by atoms with van der Waals surface area (Å²) in [6.07, 6.45) is 4.04. The fourth-order valence-electron chi connectivity index (χ4n) is 4.67. The van der Waals surface area contributed by atoms with E-state index in [0.717, 1.165) is 30.1 Å². The number of aromatic nitrogens is 1. The Hall–Kier alpha value is -3.76. The number of nitrogens with zero attached hydrogens (tertiary/aromatic N) is 4. The number of benzene rings is 1. The number of rotatable bonds is 5. The zero-order valence-corrected chi connectivity index (χ0v) is 21.4. The van der Waals surface area contributed by atoms with Gasteiger partial charge >= 0.3 is 0 Å². The first-order chi connectivity index (χ1) is 18.1. The predicted molar refractivity (Wildman–Crippen MR) is 144 cm³/mol. The first-order valence-corrected chi connectivity index (χ1v) is 13.4. The smallest absolute Gasteiger partial charge is 0.264 e. The van der Waals surface area contributed by atoms with Crippen molar-refractivity contribution < 1.29 is 14.4 Å². The number of carbonyl (C=O) groups excluding carboxylic acids is 3. The van der Waals surface area contributed by atoms with E-state index in [-0.39, 0.29) is 17.7 Å². The lowest BCUT2D eigenvalue weighted by Gasteiger charge is -2.37. The van der Waals surface area contributed by atoms with Crippen LogP contribution in [0.4, 0.5) is 11.4 Å². The molecule has 0 aliphatic carbocycles. The summed E-state index contributed by atoms with van der Waals surface area (Å²) >= 11 is 1.45. The van der Waals surface area contributed by atoms with Crippen molar-refractivity contribution in [3.8, 4) is 0 Å². The molecule has 2 fully saturated rings. The van der Waals surface area contributed by atoms with Gasteiger partial charge in [-0.1, -0.05) is 6.07 Å². The van der Waals surface area contributed by atoms with Crippen LogP contribution in [0.5, 0.6) is 0 Å². The molecule has 2 aromatic heterocycles. The monoisotopic (exact) mass is 518 g/mol. The quantitative estimate of drug-likeness (QED) is 0.539. The second kappa shape index (κ2) is 11.5. The number of pyridine rings is 1. The van der Waals surface area contributed by atoms with Crippen LogP contribution in [0.25, 0.3) is 0 Å². The van der Waals surface area contributed by atoms with Gasteiger partial charge < -0.3 is 25.3 Å². The van der Waals surface area contributed by atoms with Crippen LogP contribution in [0.15, 0.2) is 60.2 Å². The molecule has 1 aromatic carbocycles. The number of piperazine rings is 1. The molecule has 4 heterocycles. The van der Waals surface area contributed by atoms with Crippen LogP contribution in [0.1, 0.15) is 36.8 Å².